The van der Waals surface area contributed by atoms with E-state index >= 15 is 0 Å². The van der Waals surface area contributed by atoms with Gasteiger partial charge in [-0.1, -0.05) is 12.1 Å². The van der Waals surface area contributed by atoms with Gasteiger partial charge in [0.1, 0.15) is 0 Å². The first-order valence-corrected chi connectivity index (χ1v) is 11.0. The molecule has 17 heteroatoms. The SMILES string of the molecule is Fc1c(Br)ccc2cc[nH]c12.O=C(O)c1c[nH]c2c(F)c(Br)ccc12.O=C(OC(=O)C(F)(F)F)C(F)(F)F. The van der Waals surface area contributed by atoms with Crippen molar-refractivity contribution in [3.63, 3.8) is 0 Å². The molecule has 2 heterocycles. The fraction of sp³-hybridized carbons (Fsp3) is 0.0952. The first kappa shape index (κ1) is 30.8. The molecule has 0 amide bonds. The lowest BCUT2D eigenvalue weighted by atomic mass is 10.2. The van der Waals surface area contributed by atoms with Crippen LogP contribution in [0.25, 0.3) is 21.8 Å². The van der Waals surface area contributed by atoms with Crippen molar-refractivity contribution in [3.8, 4) is 0 Å². The van der Waals surface area contributed by atoms with E-state index in [2.05, 4.69) is 46.6 Å². The fourth-order valence-corrected chi connectivity index (χ4v) is 3.24. The number of ether oxygens (including phenoxy) is 1. The molecule has 0 aliphatic heterocycles. The van der Waals surface area contributed by atoms with Crippen LogP contribution in [0.5, 0.6) is 0 Å². The lowest BCUT2D eigenvalue weighted by molar-refractivity contribution is -0.221. The summed E-state index contributed by atoms with van der Waals surface area (Å²) in [4.78, 5) is 35.4. The first-order chi connectivity index (χ1) is 17.4. The van der Waals surface area contributed by atoms with Crippen molar-refractivity contribution in [3.05, 3.63) is 68.9 Å². The quantitative estimate of drug-likeness (QED) is 0.114. The van der Waals surface area contributed by atoms with E-state index in [0.29, 0.717) is 19.8 Å². The Hall–Kier alpha value is -3.47. The molecule has 4 rings (SSSR count). The molecule has 0 radical (unpaired) electrons. The van der Waals surface area contributed by atoms with Gasteiger partial charge in [-0.2, -0.15) is 26.3 Å². The summed E-state index contributed by atoms with van der Waals surface area (Å²) in [6.07, 6.45) is -8.25. The average molecular weight is 682 g/mol. The zero-order chi connectivity index (χ0) is 29.0. The van der Waals surface area contributed by atoms with Crippen LogP contribution in [0.3, 0.4) is 0 Å². The molecule has 204 valence electrons. The van der Waals surface area contributed by atoms with E-state index in [4.69, 9.17) is 5.11 Å². The molecule has 0 unspecified atom stereocenters. The summed E-state index contributed by atoms with van der Waals surface area (Å²) in [5.74, 6) is -8.18. The summed E-state index contributed by atoms with van der Waals surface area (Å²) in [7, 11) is 0. The zero-order valence-corrected chi connectivity index (χ0v) is 21.1. The van der Waals surface area contributed by atoms with Crippen LogP contribution in [0.1, 0.15) is 10.4 Å². The molecule has 0 atom stereocenters. The molecule has 0 aliphatic carbocycles. The molecular formula is C21H10Br2F8N2O5. The van der Waals surface area contributed by atoms with Crippen molar-refractivity contribution in [2.45, 2.75) is 12.4 Å². The summed E-state index contributed by atoms with van der Waals surface area (Å²) < 4.78 is 97.0. The molecule has 0 spiro atoms. The lowest BCUT2D eigenvalue weighted by Gasteiger charge is -2.06. The Morgan fingerprint density at radius 3 is 1.76 bits per heavy atom. The number of carboxylic acids is 1. The number of nitrogens with one attached hydrogen (secondary N) is 2. The highest BCUT2D eigenvalue weighted by atomic mass is 79.9. The van der Waals surface area contributed by atoms with E-state index in [1.807, 2.05) is 12.1 Å². The highest BCUT2D eigenvalue weighted by molar-refractivity contribution is 9.10. The molecule has 0 saturated carbocycles. The third kappa shape index (κ3) is 7.53. The Morgan fingerprint density at radius 2 is 1.26 bits per heavy atom. The molecule has 2 aromatic heterocycles. The van der Waals surface area contributed by atoms with Gasteiger partial charge in [-0.15, -0.1) is 0 Å². The summed E-state index contributed by atoms with van der Waals surface area (Å²) in [6.45, 7) is 0. The van der Waals surface area contributed by atoms with Crippen molar-refractivity contribution < 1.29 is 59.4 Å². The number of carbonyl (C=O) groups excluding carboxylic acids is 2. The average Bonchev–Trinajstić information content (AvgIpc) is 3.46. The zero-order valence-electron chi connectivity index (χ0n) is 17.9. The Bertz CT molecular complexity index is 1470. The van der Waals surface area contributed by atoms with Crippen LogP contribution < -0.4 is 0 Å². The maximum atomic E-state index is 13.4. The van der Waals surface area contributed by atoms with Crippen molar-refractivity contribution in [2.75, 3.05) is 0 Å². The molecule has 38 heavy (non-hydrogen) atoms. The van der Waals surface area contributed by atoms with Gasteiger partial charge < -0.3 is 19.8 Å². The van der Waals surface area contributed by atoms with Crippen LogP contribution in [0.2, 0.25) is 0 Å². The van der Waals surface area contributed by atoms with Crippen molar-refractivity contribution in [1.29, 1.82) is 0 Å². The Kier molecular flexibility index (Phi) is 9.66. The number of aromatic carboxylic acids is 1. The Balaban J connectivity index is 0.000000201. The molecule has 3 N–H and O–H groups in total. The van der Waals surface area contributed by atoms with Crippen molar-refractivity contribution in [1.82, 2.24) is 9.97 Å². The largest absolute Gasteiger partial charge is 0.491 e. The summed E-state index contributed by atoms with van der Waals surface area (Å²) in [6, 6.07) is 8.44. The summed E-state index contributed by atoms with van der Waals surface area (Å²) >= 11 is 6.13. The fourth-order valence-electron chi connectivity index (χ4n) is 2.58. The number of aromatic amines is 2. The van der Waals surface area contributed by atoms with Gasteiger partial charge in [-0.25, -0.2) is 23.2 Å². The molecular weight excluding hydrogens is 672 g/mol. The van der Waals surface area contributed by atoms with E-state index in [1.54, 1.807) is 18.3 Å². The molecule has 0 bridgehead atoms. The molecule has 4 aromatic rings. The van der Waals surface area contributed by atoms with Gasteiger partial charge >= 0.3 is 30.3 Å². The number of hydrogen-bond acceptors (Lipinski definition) is 4. The van der Waals surface area contributed by atoms with Crippen LogP contribution in [0, 0.1) is 11.6 Å². The second-order valence-corrected chi connectivity index (χ2v) is 8.48. The first-order valence-electron chi connectivity index (χ1n) is 9.44. The minimum Gasteiger partial charge on any atom is -0.478 e. The number of fused-ring (bicyclic) bond motifs is 2. The maximum absolute atomic E-state index is 13.4. The van der Waals surface area contributed by atoms with Crippen LogP contribution in [-0.2, 0) is 14.3 Å². The molecule has 7 nitrogen and oxygen atoms in total. The van der Waals surface area contributed by atoms with E-state index < -0.39 is 36.1 Å². The predicted octanol–water partition coefficient (Wildman–Crippen LogP) is 7.02. The number of aromatic nitrogens is 2. The predicted molar refractivity (Wildman–Crippen MR) is 122 cm³/mol. The minimum atomic E-state index is -5.62. The number of hydrogen-bond donors (Lipinski definition) is 3. The normalized spacial score (nSPS) is 11.3. The molecule has 2 aromatic carbocycles. The van der Waals surface area contributed by atoms with Crippen LogP contribution in [-0.4, -0.2) is 45.3 Å². The van der Waals surface area contributed by atoms with Gasteiger partial charge in [0.25, 0.3) is 0 Å². The number of carboxylic acid groups (broad SMARTS) is 1. The number of benzene rings is 2. The van der Waals surface area contributed by atoms with Gasteiger partial charge in [-0.05, 0) is 50.1 Å². The van der Waals surface area contributed by atoms with Gasteiger partial charge in [0, 0.05) is 23.2 Å². The number of halogens is 10. The van der Waals surface area contributed by atoms with Crippen LogP contribution in [0.15, 0.2) is 51.7 Å². The maximum Gasteiger partial charge on any atom is 0.491 e. The molecule has 0 saturated heterocycles. The smallest absolute Gasteiger partial charge is 0.478 e. The Labute approximate surface area is 222 Å². The second kappa shape index (κ2) is 11.9. The van der Waals surface area contributed by atoms with Crippen LogP contribution >= 0.6 is 31.9 Å². The van der Waals surface area contributed by atoms with Gasteiger partial charge in [0.05, 0.1) is 25.5 Å². The number of carbonyl (C=O) groups is 3. The van der Waals surface area contributed by atoms with Gasteiger partial charge in [0.15, 0.2) is 11.6 Å². The summed E-state index contributed by atoms with van der Waals surface area (Å²) in [5.41, 5.74) is 0.836. The van der Waals surface area contributed by atoms with Crippen LogP contribution in [0.4, 0.5) is 35.1 Å². The van der Waals surface area contributed by atoms with Crippen molar-refractivity contribution in [2.24, 2.45) is 0 Å². The molecule has 0 fully saturated rings. The van der Waals surface area contributed by atoms with Gasteiger partial charge in [0.2, 0.25) is 0 Å². The topological polar surface area (TPSA) is 112 Å². The van der Waals surface area contributed by atoms with Gasteiger partial charge in [-0.3, -0.25) is 0 Å². The minimum absolute atomic E-state index is 0.0754. The standard InChI is InChI=1S/C9H5BrFNO2.C8H5BrFN.C4F6O3/c10-6-2-1-4-5(9(13)14)3-12-8(4)7(6)11;9-6-2-1-5-3-4-11-8(5)7(6)10;5-3(6,7)1(11)13-2(12)4(8,9)10/h1-3,12H,(H,13,14);1-4,11H;. The Morgan fingerprint density at radius 1 is 0.763 bits per heavy atom. The van der Waals surface area contributed by atoms with E-state index in [9.17, 15) is 49.5 Å². The highest BCUT2D eigenvalue weighted by Crippen LogP contribution is 2.27. The van der Waals surface area contributed by atoms with E-state index in [1.165, 1.54) is 12.3 Å². The second-order valence-electron chi connectivity index (χ2n) is 6.77. The third-order valence-corrected chi connectivity index (χ3v) is 5.47. The number of rotatable bonds is 1. The van der Waals surface area contributed by atoms with E-state index in [-0.39, 0.29) is 16.9 Å². The van der Waals surface area contributed by atoms with E-state index in [0.717, 1.165) is 5.39 Å². The summed E-state index contributed by atoms with van der Waals surface area (Å²) in [5, 5.41) is 10.0. The number of esters is 2. The van der Waals surface area contributed by atoms with Crippen molar-refractivity contribution >= 4 is 71.6 Å². The number of alkyl halides is 6. The number of H-pyrrole nitrogens is 2. The third-order valence-electron chi connectivity index (χ3n) is 4.24. The molecule has 0 aliphatic rings. The lowest BCUT2D eigenvalue weighted by Crippen LogP contribution is -2.34. The highest BCUT2D eigenvalue weighted by Gasteiger charge is 2.49. The monoisotopic (exact) mass is 680 g/mol.